The summed E-state index contributed by atoms with van der Waals surface area (Å²) in [4.78, 5) is 19.2. The first-order valence-corrected chi connectivity index (χ1v) is 9.61. The van der Waals surface area contributed by atoms with Gasteiger partial charge < -0.3 is 10.1 Å². The van der Waals surface area contributed by atoms with E-state index in [0.717, 1.165) is 48.6 Å². The van der Waals surface area contributed by atoms with Gasteiger partial charge in [0.15, 0.2) is 5.13 Å². The van der Waals surface area contributed by atoms with Crippen molar-refractivity contribution < 1.29 is 9.53 Å². The molecule has 0 spiro atoms. The van der Waals surface area contributed by atoms with Crippen LogP contribution in [0.25, 0.3) is 10.2 Å². The molecule has 1 amide bonds. The average molecular weight is 367 g/mol. The zero-order chi connectivity index (χ0) is 17.8. The van der Waals surface area contributed by atoms with Gasteiger partial charge >= 0.3 is 0 Å². The minimum atomic E-state index is -0.0382. The predicted molar refractivity (Wildman–Crippen MR) is 104 cm³/mol. The summed E-state index contributed by atoms with van der Waals surface area (Å²) in [6.45, 7) is 4.48. The SMILES string of the molecule is O=C(Cc1ccccc1)Nc1nc2ccc(CN3CCOCC3)cc2s1. The quantitative estimate of drug-likeness (QED) is 0.752. The molecule has 26 heavy (non-hydrogen) atoms. The number of rotatable bonds is 5. The van der Waals surface area contributed by atoms with Crippen LogP contribution in [0.2, 0.25) is 0 Å². The Labute approximate surface area is 156 Å². The molecular weight excluding hydrogens is 346 g/mol. The van der Waals surface area contributed by atoms with Crippen LogP contribution in [0.15, 0.2) is 48.5 Å². The summed E-state index contributed by atoms with van der Waals surface area (Å²) in [7, 11) is 0. The standard InChI is InChI=1S/C20H21N3O2S/c24-19(13-15-4-2-1-3-5-15)22-20-21-17-7-6-16(12-18(17)26-20)14-23-8-10-25-11-9-23/h1-7,12H,8-11,13-14H2,(H,21,22,24). The molecule has 0 bridgehead atoms. The number of amides is 1. The van der Waals surface area contributed by atoms with Crippen LogP contribution in [0.5, 0.6) is 0 Å². The highest BCUT2D eigenvalue weighted by molar-refractivity contribution is 7.22. The van der Waals surface area contributed by atoms with Crippen molar-refractivity contribution in [3.63, 3.8) is 0 Å². The van der Waals surface area contributed by atoms with Gasteiger partial charge in [-0.15, -0.1) is 0 Å². The van der Waals surface area contributed by atoms with Gasteiger partial charge in [0.25, 0.3) is 0 Å². The number of hydrogen-bond acceptors (Lipinski definition) is 5. The topological polar surface area (TPSA) is 54.5 Å². The highest BCUT2D eigenvalue weighted by Crippen LogP contribution is 2.27. The second kappa shape index (κ2) is 7.95. The van der Waals surface area contributed by atoms with Gasteiger partial charge in [0, 0.05) is 19.6 Å². The monoisotopic (exact) mass is 367 g/mol. The maximum Gasteiger partial charge on any atom is 0.230 e. The Hall–Kier alpha value is -2.28. The Bertz CT molecular complexity index is 888. The summed E-state index contributed by atoms with van der Waals surface area (Å²) in [6.07, 6.45) is 0.360. The first-order valence-electron chi connectivity index (χ1n) is 8.79. The summed E-state index contributed by atoms with van der Waals surface area (Å²) in [6, 6.07) is 16.1. The molecular formula is C20H21N3O2S. The van der Waals surface area contributed by atoms with Gasteiger partial charge in [0.2, 0.25) is 5.91 Å². The zero-order valence-corrected chi connectivity index (χ0v) is 15.3. The molecule has 2 heterocycles. The number of nitrogens with one attached hydrogen (secondary N) is 1. The maximum absolute atomic E-state index is 12.2. The fourth-order valence-corrected chi connectivity index (χ4v) is 4.03. The molecule has 0 atom stereocenters. The lowest BCUT2D eigenvalue weighted by Gasteiger charge is -2.26. The predicted octanol–water partition coefficient (Wildman–Crippen LogP) is 3.31. The first kappa shape index (κ1) is 17.1. The van der Waals surface area contributed by atoms with Crippen LogP contribution in [-0.2, 0) is 22.5 Å². The maximum atomic E-state index is 12.2. The molecule has 1 aliphatic heterocycles. The molecule has 1 aliphatic rings. The summed E-state index contributed by atoms with van der Waals surface area (Å²) in [5, 5.41) is 3.58. The number of aromatic nitrogens is 1. The summed E-state index contributed by atoms with van der Waals surface area (Å²) in [5.74, 6) is -0.0382. The minimum Gasteiger partial charge on any atom is -0.379 e. The van der Waals surface area contributed by atoms with E-state index < -0.39 is 0 Å². The van der Waals surface area contributed by atoms with Crippen molar-refractivity contribution in [1.82, 2.24) is 9.88 Å². The number of hydrogen-bond donors (Lipinski definition) is 1. The smallest absolute Gasteiger partial charge is 0.230 e. The Balaban J connectivity index is 1.42. The number of carbonyl (C=O) groups is 1. The van der Waals surface area contributed by atoms with Gasteiger partial charge in [-0.2, -0.15) is 0 Å². The third kappa shape index (κ3) is 4.27. The van der Waals surface area contributed by atoms with Crippen molar-refractivity contribution in [2.45, 2.75) is 13.0 Å². The lowest BCUT2D eigenvalue weighted by Crippen LogP contribution is -2.35. The summed E-state index contributed by atoms with van der Waals surface area (Å²) < 4.78 is 6.50. The average Bonchev–Trinajstić information content (AvgIpc) is 3.04. The van der Waals surface area contributed by atoms with E-state index in [2.05, 4.69) is 27.3 Å². The molecule has 4 rings (SSSR count). The number of ether oxygens (including phenoxy) is 1. The molecule has 6 heteroatoms. The van der Waals surface area contributed by atoms with E-state index in [0.29, 0.717) is 11.6 Å². The number of nitrogens with zero attached hydrogens (tertiary/aromatic N) is 2. The number of fused-ring (bicyclic) bond motifs is 1. The Kier molecular flexibility index (Phi) is 5.24. The van der Waals surface area contributed by atoms with Gasteiger partial charge in [-0.3, -0.25) is 9.69 Å². The lowest BCUT2D eigenvalue weighted by molar-refractivity contribution is -0.115. The summed E-state index contributed by atoms with van der Waals surface area (Å²) in [5.41, 5.74) is 3.19. The number of anilines is 1. The van der Waals surface area contributed by atoms with E-state index in [1.807, 2.05) is 36.4 Å². The molecule has 1 saturated heterocycles. The van der Waals surface area contributed by atoms with Crippen LogP contribution < -0.4 is 5.32 Å². The molecule has 0 radical (unpaired) electrons. The molecule has 134 valence electrons. The zero-order valence-electron chi connectivity index (χ0n) is 14.5. The molecule has 1 aromatic heterocycles. The number of carbonyl (C=O) groups excluding carboxylic acids is 1. The van der Waals surface area contributed by atoms with Gasteiger partial charge in [0.05, 0.1) is 29.9 Å². The van der Waals surface area contributed by atoms with E-state index in [9.17, 15) is 4.79 Å². The molecule has 0 aliphatic carbocycles. The van der Waals surface area contributed by atoms with E-state index in [1.165, 1.54) is 16.9 Å². The van der Waals surface area contributed by atoms with Crippen molar-refractivity contribution in [3.8, 4) is 0 Å². The van der Waals surface area contributed by atoms with Crippen molar-refractivity contribution in [1.29, 1.82) is 0 Å². The fraction of sp³-hybridized carbons (Fsp3) is 0.300. The molecule has 1 N–H and O–H groups in total. The number of thiazole rings is 1. The van der Waals surface area contributed by atoms with E-state index >= 15 is 0 Å². The molecule has 0 saturated carbocycles. The van der Waals surface area contributed by atoms with Gasteiger partial charge in [-0.1, -0.05) is 47.7 Å². The molecule has 5 nitrogen and oxygen atoms in total. The Morgan fingerprint density at radius 3 is 2.73 bits per heavy atom. The first-order chi connectivity index (χ1) is 12.8. The van der Waals surface area contributed by atoms with Crippen LogP contribution >= 0.6 is 11.3 Å². The third-order valence-electron chi connectivity index (χ3n) is 4.42. The van der Waals surface area contributed by atoms with Gasteiger partial charge in [-0.25, -0.2) is 4.98 Å². The highest BCUT2D eigenvalue weighted by Gasteiger charge is 2.13. The second-order valence-electron chi connectivity index (χ2n) is 6.42. The minimum absolute atomic E-state index is 0.0382. The molecule has 1 fully saturated rings. The molecule has 2 aromatic carbocycles. The van der Waals surface area contributed by atoms with Crippen LogP contribution in [-0.4, -0.2) is 42.1 Å². The van der Waals surface area contributed by atoms with Crippen LogP contribution in [0, 0.1) is 0 Å². The number of benzene rings is 2. The normalized spacial score (nSPS) is 15.2. The summed E-state index contributed by atoms with van der Waals surface area (Å²) >= 11 is 1.53. The third-order valence-corrected chi connectivity index (χ3v) is 5.35. The second-order valence-corrected chi connectivity index (χ2v) is 7.45. The van der Waals surface area contributed by atoms with Crippen molar-refractivity contribution in [2.75, 3.05) is 31.6 Å². The fourth-order valence-electron chi connectivity index (χ4n) is 3.08. The Morgan fingerprint density at radius 1 is 1.12 bits per heavy atom. The van der Waals surface area contributed by atoms with Crippen molar-refractivity contribution in [2.24, 2.45) is 0 Å². The van der Waals surface area contributed by atoms with Crippen molar-refractivity contribution in [3.05, 3.63) is 59.7 Å². The molecule has 0 unspecified atom stereocenters. The largest absolute Gasteiger partial charge is 0.379 e. The van der Waals surface area contributed by atoms with E-state index in [4.69, 9.17) is 4.74 Å². The van der Waals surface area contributed by atoms with E-state index in [1.54, 1.807) is 0 Å². The van der Waals surface area contributed by atoms with Crippen LogP contribution in [0.3, 0.4) is 0 Å². The van der Waals surface area contributed by atoms with Crippen LogP contribution in [0.1, 0.15) is 11.1 Å². The number of morpholine rings is 1. The van der Waals surface area contributed by atoms with Gasteiger partial charge in [-0.05, 0) is 23.3 Å². The Morgan fingerprint density at radius 2 is 1.92 bits per heavy atom. The lowest BCUT2D eigenvalue weighted by atomic mass is 10.1. The van der Waals surface area contributed by atoms with Gasteiger partial charge in [0.1, 0.15) is 0 Å². The molecule has 3 aromatic rings. The highest BCUT2D eigenvalue weighted by atomic mass is 32.1. The van der Waals surface area contributed by atoms with E-state index in [-0.39, 0.29) is 5.91 Å². The van der Waals surface area contributed by atoms with Crippen LogP contribution in [0.4, 0.5) is 5.13 Å². The van der Waals surface area contributed by atoms with Crippen molar-refractivity contribution >= 4 is 32.6 Å².